The third-order valence-electron chi connectivity index (χ3n) is 2.28. The zero-order valence-electron chi connectivity index (χ0n) is 8.98. The van der Waals surface area contributed by atoms with E-state index in [1.54, 1.807) is 6.07 Å². The first-order valence-electron chi connectivity index (χ1n) is 4.81. The molecular formula is C11H10FNO3S. The smallest absolute Gasteiger partial charge is 0.274 e. The molecule has 1 aromatic heterocycles. The summed E-state index contributed by atoms with van der Waals surface area (Å²) in [5.41, 5.74) is 0.784. The number of hydrogen-bond donors (Lipinski definition) is 1. The normalized spacial score (nSPS) is 11.6. The van der Waals surface area contributed by atoms with E-state index < -0.39 is 15.8 Å². The largest absolute Gasteiger partial charge is 0.451 e. The van der Waals surface area contributed by atoms with Crippen molar-refractivity contribution in [1.29, 1.82) is 0 Å². The van der Waals surface area contributed by atoms with Gasteiger partial charge in [-0.05, 0) is 30.8 Å². The van der Waals surface area contributed by atoms with Crippen molar-refractivity contribution in [2.45, 2.75) is 5.09 Å². The van der Waals surface area contributed by atoms with E-state index in [1.165, 1.54) is 37.6 Å². The van der Waals surface area contributed by atoms with Crippen LogP contribution in [-0.4, -0.2) is 15.5 Å². The molecular weight excluding hydrogens is 245 g/mol. The monoisotopic (exact) mass is 255 g/mol. The Morgan fingerprint density at radius 2 is 2.06 bits per heavy atom. The van der Waals surface area contributed by atoms with Crippen molar-refractivity contribution in [3.05, 3.63) is 42.4 Å². The maximum atomic E-state index is 13.1. The van der Waals surface area contributed by atoms with Crippen LogP contribution in [-0.2, 0) is 10.0 Å². The highest BCUT2D eigenvalue weighted by molar-refractivity contribution is 7.89. The Balaban J connectivity index is 2.59. The van der Waals surface area contributed by atoms with E-state index in [4.69, 9.17) is 4.42 Å². The molecule has 1 heterocycles. The number of rotatable bonds is 3. The number of furan rings is 1. The van der Waals surface area contributed by atoms with Crippen molar-refractivity contribution in [2.24, 2.45) is 0 Å². The van der Waals surface area contributed by atoms with Crippen molar-refractivity contribution in [2.75, 3.05) is 7.05 Å². The first-order valence-corrected chi connectivity index (χ1v) is 6.30. The highest BCUT2D eigenvalue weighted by Crippen LogP contribution is 2.28. The van der Waals surface area contributed by atoms with Gasteiger partial charge in [0.1, 0.15) is 5.82 Å². The van der Waals surface area contributed by atoms with Crippen LogP contribution in [0.25, 0.3) is 11.1 Å². The van der Waals surface area contributed by atoms with Crippen molar-refractivity contribution < 1.29 is 17.2 Å². The van der Waals surface area contributed by atoms with Gasteiger partial charge in [-0.25, -0.2) is 17.5 Å². The average molecular weight is 255 g/mol. The molecule has 0 aliphatic rings. The van der Waals surface area contributed by atoms with Crippen molar-refractivity contribution in [3.8, 4) is 11.1 Å². The number of halogens is 1. The van der Waals surface area contributed by atoms with Gasteiger partial charge in [-0.15, -0.1) is 0 Å². The molecule has 0 spiro atoms. The van der Waals surface area contributed by atoms with Gasteiger partial charge in [-0.2, -0.15) is 0 Å². The quantitative estimate of drug-likeness (QED) is 0.912. The first kappa shape index (κ1) is 11.8. The van der Waals surface area contributed by atoms with E-state index >= 15 is 0 Å². The fourth-order valence-corrected chi connectivity index (χ4v) is 2.31. The van der Waals surface area contributed by atoms with Gasteiger partial charge >= 0.3 is 0 Å². The summed E-state index contributed by atoms with van der Waals surface area (Å²) in [6.45, 7) is 0. The molecule has 6 heteroatoms. The van der Waals surface area contributed by atoms with Crippen molar-refractivity contribution in [3.63, 3.8) is 0 Å². The Morgan fingerprint density at radius 3 is 2.71 bits per heavy atom. The Kier molecular flexibility index (Phi) is 2.99. The minimum Gasteiger partial charge on any atom is -0.451 e. The molecule has 0 amide bonds. The SMILES string of the molecule is CNS(=O)(=O)c1occc1-c1cccc(F)c1. The fourth-order valence-electron chi connectivity index (χ4n) is 1.47. The zero-order valence-corrected chi connectivity index (χ0v) is 9.79. The molecule has 0 saturated carbocycles. The van der Waals surface area contributed by atoms with Crippen molar-refractivity contribution >= 4 is 10.0 Å². The summed E-state index contributed by atoms with van der Waals surface area (Å²) in [6.07, 6.45) is 1.25. The summed E-state index contributed by atoms with van der Waals surface area (Å²) >= 11 is 0. The maximum absolute atomic E-state index is 13.1. The molecule has 0 saturated heterocycles. The van der Waals surface area contributed by atoms with E-state index in [2.05, 4.69) is 4.72 Å². The van der Waals surface area contributed by atoms with Crippen LogP contribution in [0.15, 0.2) is 46.1 Å². The molecule has 1 N–H and O–H groups in total. The van der Waals surface area contributed by atoms with E-state index in [9.17, 15) is 12.8 Å². The molecule has 0 fully saturated rings. The number of sulfonamides is 1. The van der Waals surface area contributed by atoms with Crippen LogP contribution in [0.5, 0.6) is 0 Å². The van der Waals surface area contributed by atoms with Gasteiger partial charge in [0.05, 0.1) is 6.26 Å². The van der Waals surface area contributed by atoms with Gasteiger partial charge in [0.25, 0.3) is 10.0 Å². The van der Waals surface area contributed by atoms with Gasteiger partial charge in [-0.3, -0.25) is 0 Å². The molecule has 0 radical (unpaired) electrons. The van der Waals surface area contributed by atoms with Crippen LogP contribution >= 0.6 is 0 Å². The maximum Gasteiger partial charge on any atom is 0.274 e. The van der Waals surface area contributed by atoms with Crippen molar-refractivity contribution in [1.82, 2.24) is 4.72 Å². The van der Waals surface area contributed by atoms with Gasteiger partial charge in [0, 0.05) is 5.56 Å². The summed E-state index contributed by atoms with van der Waals surface area (Å²) in [6, 6.07) is 7.14. The first-order chi connectivity index (χ1) is 8.04. The fraction of sp³-hybridized carbons (Fsp3) is 0.0909. The van der Waals surface area contributed by atoms with Crippen LogP contribution in [0.3, 0.4) is 0 Å². The summed E-state index contributed by atoms with van der Waals surface area (Å²) in [5.74, 6) is -0.434. The third kappa shape index (κ3) is 2.22. The second kappa shape index (κ2) is 4.31. The molecule has 0 atom stereocenters. The second-order valence-corrected chi connectivity index (χ2v) is 5.13. The molecule has 2 aromatic rings. The summed E-state index contributed by atoms with van der Waals surface area (Å²) in [4.78, 5) is 0. The number of nitrogens with one attached hydrogen (secondary N) is 1. The predicted molar refractivity (Wildman–Crippen MR) is 60.3 cm³/mol. The Morgan fingerprint density at radius 1 is 1.29 bits per heavy atom. The van der Waals surface area contributed by atoms with Crippen LogP contribution in [0.2, 0.25) is 0 Å². The summed E-state index contributed by atoms with van der Waals surface area (Å²) in [7, 11) is -2.40. The number of benzene rings is 1. The number of hydrogen-bond acceptors (Lipinski definition) is 3. The minimum absolute atomic E-state index is 0.217. The molecule has 1 aromatic carbocycles. The second-order valence-electron chi connectivity index (χ2n) is 3.34. The summed E-state index contributed by atoms with van der Waals surface area (Å²) in [5, 5.41) is -0.217. The van der Waals surface area contributed by atoms with E-state index in [0.29, 0.717) is 11.1 Å². The molecule has 90 valence electrons. The Hall–Kier alpha value is -1.66. The van der Waals surface area contributed by atoms with E-state index in [-0.39, 0.29) is 5.09 Å². The lowest BCUT2D eigenvalue weighted by Gasteiger charge is -2.03. The van der Waals surface area contributed by atoms with E-state index in [0.717, 1.165) is 0 Å². The molecule has 0 unspecified atom stereocenters. The Labute approximate surface area is 98.1 Å². The van der Waals surface area contributed by atoms with E-state index in [1.807, 2.05) is 0 Å². The van der Waals surface area contributed by atoms with Gasteiger partial charge < -0.3 is 4.42 Å². The van der Waals surface area contributed by atoms with Gasteiger partial charge in [0.2, 0.25) is 5.09 Å². The topological polar surface area (TPSA) is 59.3 Å². The zero-order chi connectivity index (χ0) is 12.5. The lowest BCUT2D eigenvalue weighted by Crippen LogP contribution is -2.18. The molecule has 0 aliphatic carbocycles. The van der Waals surface area contributed by atoms with Crippen LogP contribution < -0.4 is 4.72 Å². The minimum atomic E-state index is -3.69. The Bertz CT molecular complexity index is 634. The standard InChI is InChI=1S/C11H10FNO3S/c1-13-17(14,15)11-10(5-6-16-11)8-3-2-4-9(12)7-8/h2-7,13H,1H3. The van der Waals surface area contributed by atoms with Crippen LogP contribution in [0.4, 0.5) is 4.39 Å². The van der Waals surface area contributed by atoms with Gasteiger partial charge in [0.15, 0.2) is 0 Å². The molecule has 4 nitrogen and oxygen atoms in total. The third-order valence-corrected chi connectivity index (χ3v) is 3.62. The highest BCUT2D eigenvalue weighted by Gasteiger charge is 2.21. The predicted octanol–water partition coefficient (Wildman–Crippen LogP) is 1.99. The average Bonchev–Trinajstić information content (AvgIpc) is 2.78. The molecule has 17 heavy (non-hydrogen) atoms. The molecule has 2 rings (SSSR count). The highest BCUT2D eigenvalue weighted by atomic mass is 32.2. The molecule has 0 bridgehead atoms. The molecule has 0 aliphatic heterocycles. The lowest BCUT2D eigenvalue weighted by atomic mass is 10.1. The lowest BCUT2D eigenvalue weighted by molar-refractivity contribution is 0.449. The summed E-state index contributed by atoms with van der Waals surface area (Å²) < 4.78 is 43.5. The van der Waals surface area contributed by atoms with Gasteiger partial charge in [-0.1, -0.05) is 12.1 Å². The van der Waals surface area contributed by atoms with Crippen LogP contribution in [0.1, 0.15) is 0 Å². The van der Waals surface area contributed by atoms with Crippen LogP contribution in [0, 0.1) is 5.82 Å².